The first-order valence-corrected chi connectivity index (χ1v) is 19.3. The third kappa shape index (κ3) is 5.27. The Morgan fingerprint density at radius 2 is 0.810 bits per heavy atom. The van der Waals surface area contributed by atoms with Crippen LogP contribution in [0.3, 0.4) is 0 Å². The molecule has 0 bridgehead atoms. The first-order chi connectivity index (χ1) is 28.7. The van der Waals surface area contributed by atoms with Crippen molar-refractivity contribution in [3.05, 3.63) is 222 Å². The van der Waals surface area contributed by atoms with Crippen LogP contribution in [0.2, 0.25) is 0 Å². The van der Waals surface area contributed by atoms with Crippen molar-refractivity contribution in [2.45, 2.75) is 5.41 Å². The highest BCUT2D eigenvalue weighted by atomic mass is 16.5. The standard InChI is InChI=1S/C53H32N4O/c54-33-34-25-27-48-46(29-34)53(44-23-9-7-21-42(44)43-22-8-10-24-45(43)53)47-32-39(26-28-49(47)58-48)38-18-12-20-41(31-38)52-56-50(36-15-5-2-6-16-36)55-51(57-52)40-19-11-17-37(30-40)35-13-3-1-4-14-35/h1-32H. The van der Waals surface area contributed by atoms with Gasteiger partial charge in [-0.15, -0.1) is 0 Å². The molecule has 0 unspecified atom stereocenters. The zero-order valence-electron chi connectivity index (χ0n) is 31.2. The molecule has 5 heteroatoms. The van der Waals surface area contributed by atoms with E-state index in [-0.39, 0.29) is 0 Å². The molecule has 0 atom stereocenters. The molecule has 0 amide bonds. The predicted octanol–water partition coefficient (Wildman–Crippen LogP) is 12.5. The number of hydrogen-bond acceptors (Lipinski definition) is 5. The average molecular weight is 741 g/mol. The maximum atomic E-state index is 10.1. The Hall–Kier alpha value is -7.94. The number of nitriles is 1. The molecular weight excluding hydrogens is 709 g/mol. The van der Waals surface area contributed by atoms with Gasteiger partial charge < -0.3 is 4.74 Å². The molecule has 0 saturated heterocycles. The molecule has 0 saturated carbocycles. The van der Waals surface area contributed by atoms with Crippen LogP contribution in [0.4, 0.5) is 0 Å². The van der Waals surface area contributed by atoms with Crippen molar-refractivity contribution in [3.8, 4) is 85.1 Å². The van der Waals surface area contributed by atoms with Gasteiger partial charge in [-0.2, -0.15) is 5.26 Å². The van der Waals surface area contributed by atoms with Gasteiger partial charge in [-0.05, 0) is 87.0 Å². The van der Waals surface area contributed by atoms with Gasteiger partial charge in [0.25, 0.3) is 0 Å². The van der Waals surface area contributed by atoms with E-state index in [0.717, 1.165) is 61.6 Å². The molecule has 2 aliphatic rings. The van der Waals surface area contributed by atoms with Crippen LogP contribution < -0.4 is 4.74 Å². The highest BCUT2D eigenvalue weighted by molar-refractivity contribution is 5.89. The SMILES string of the molecule is N#Cc1ccc2c(c1)C1(c3cc(-c4cccc(-c5nc(-c6ccccc6)nc(-c6cccc(-c7ccccc7)c6)n5)c4)ccc3O2)c2ccccc2-c2ccccc21. The van der Waals surface area contributed by atoms with E-state index in [4.69, 9.17) is 19.7 Å². The second kappa shape index (κ2) is 13.4. The highest BCUT2D eigenvalue weighted by Gasteiger charge is 2.51. The van der Waals surface area contributed by atoms with Crippen molar-refractivity contribution in [1.82, 2.24) is 15.0 Å². The van der Waals surface area contributed by atoms with Crippen LogP contribution in [0.1, 0.15) is 27.8 Å². The minimum absolute atomic E-state index is 0.588. The van der Waals surface area contributed by atoms with Gasteiger partial charge in [-0.3, -0.25) is 0 Å². The van der Waals surface area contributed by atoms with E-state index in [0.29, 0.717) is 23.0 Å². The molecule has 270 valence electrons. The lowest BCUT2D eigenvalue weighted by atomic mass is 9.65. The van der Waals surface area contributed by atoms with Gasteiger partial charge in [0.05, 0.1) is 17.0 Å². The Morgan fingerprint density at radius 1 is 0.362 bits per heavy atom. The Kier molecular flexibility index (Phi) is 7.70. The summed E-state index contributed by atoms with van der Waals surface area (Å²) < 4.78 is 6.69. The van der Waals surface area contributed by atoms with Crippen LogP contribution >= 0.6 is 0 Å². The largest absolute Gasteiger partial charge is 0.457 e. The molecule has 5 nitrogen and oxygen atoms in total. The molecule has 11 rings (SSSR count). The van der Waals surface area contributed by atoms with Gasteiger partial charge in [0.2, 0.25) is 0 Å². The summed E-state index contributed by atoms with van der Waals surface area (Å²) in [5.41, 5.74) is 13.6. The zero-order valence-corrected chi connectivity index (χ0v) is 31.2. The quantitative estimate of drug-likeness (QED) is 0.176. The van der Waals surface area contributed by atoms with Gasteiger partial charge in [0, 0.05) is 27.8 Å². The smallest absolute Gasteiger partial charge is 0.164 e. The maximum Gasteiger partial charge on any atom is 0.164 e. The molecule has 0 fully saturated rings. The number of hydrogen-bond donors (Lipinski definition) is 0. The molecule has 1 aromatic heterocycles. The van der Waals surface area contributed by atoms with Crippen LogP contribution in [0.5, 0.6) is 11.5 Å². The molecule has 8 aromatic carbocycles. The molecule has 0 radical (unpaired) electrons. The Labute approximate surface area is 336 Å². The van der Waals surface area contributed by atoms with E-state index in [9.17, 15) is 5.26 Å². The van der Waals surface area contributed by atoms with E-state index in [1.54, 1.807) is 0 Å². The molecule has 1 aliphatic carbocycles. The number of nitrogens with zero attached hydrogens (tertiary/aromatic N) is 4. The molecular formula is C53H32N4O. The molecule has 0 N–H and O–H groups in total. The summed E-state index contributed by atoms with van der Waals surface area (Å²) in [5.74, 6) is 3.34. The topological polar surface area (TPSA) is 71.7 Å². The normalized spacial score (nSPS) is 12.7. The van der Waals surface area contributed by atoms with Crippen molar-refractivity contribution in [3.63, 3.8) is 0 Å². The molecule has 1 spiro atoms. The summed E-state index contributed by atoms with van der Waals surface area (Å²) in [6.07, 6.45) is 0. The third-order valence-corrected chi connectivity index (χ3v) is 11.4. The monoisotopic (exact) mass is 740 g/mol. The van der Waals surface area contributed by atoms with Crippen LogP contribution in [0.15, 0.2) is 194 Å². The van der Waals surface area contributed by atoms with Crippen molar-refractivity contribution < 1.29 is 4.74 Å². The number of fused-ring (bicyclic) bond motifs is 9. The highest BCUT2D eigenvalue weighted by Crippen LogP contribution is 2.62. The Bertz CT molecular complexity index is 3070. The van der Waals surface area contributed by atoms with Crippen molar-refractivity contribution in [2.75, 3.05) is 0 Å². The number of ether oxygens (including phenoxy) is 1. The minimum atomic E-state index is -0.696. The Morgan fingerprint density at radius 3 is 1.41 bits per heavy atom. The summed E-state index contributed by atoms with van der Waals surface area (Å²) in [7, 11) is 0. The zero-order chi connectivity index (χ0) is 38.6. The fraction of sp³-hybridized carbons (Fsp3) is 0.0189. The van der Waals surface area contributed by atoms with Gasteiger partial charge >= 0.3 is 0 Å². The van der Waals surface area contributed by atoms with Gasteiger partial charge in [0.1, 0.15) is 11.5 Å². The molecule has 1 aliphatic heterocycles. The summed E-state index contributed by atoms with van der Waals surface area (Å²) in [4.78, 5) is 15.2. The first kappa shape index (κ1) is 33.4. The van der Waals surface area contributed by atoms with Crippen molar-refractivity contribution in [2.24, 2.45) is 0 Å². The molecule has 9 aromatic rings. The van der Waals surface area contributed by atoms with Gasteiger partial charge in [0.15, 0.2) is 17.5 Å². The summed E-state index contributed by atoms with van der Waals surface area (Å²) in [5, 5.41) is 10.1. The van der Waals surface area contributed by atoms with Crippen LogP contribution in [0.25, 0.3) is 67.5 Å². The van der Waals surface area contributed by atoms with Crippen molar-refractivity contribution in [1.29, 1.82) is 5.26 Å². The molecule has 2 heterocycles. The summed E-state index contributed by atoms with van der Waals surface area (Å²) in [6.45, 7) is 0. The lowest BCUT2D eigenvalue weighted by Crippen LogP contribution is -2.32. The number of benzene rings is 8. The number of aromatic nitrogens is 3. The van der Waals surface area contributed by atoms with E-state index in [1.807, 2.05) is 66.7 Å². The maximum absolute atomic E-state index is 10.1. The van der Waals surface area contributed by atoms with E-state index in [1.165, 1.54) is 22.3 Å². The summed E-state index contributed by atoms with van der Waals surface area (Å²) in [6, 6.07) is 69.0. The third-order valence-electron chi connectivity index (χ3n) is 11.4. The number of rotatable bonds is 5. The first-order valence-electron chi connectivity index (χ1n) is 19.3. The minimum Gasteiger partial charge on any atom is -0.457 e. The lowest BCUT2D eigenvalue weighted by molar-refractivity contribution is 0.436. The van der Waals surface area contributed by atoms with Crippen molar-refractivity contribution >= 4 is 0 Å². The molecule has 58 heavy (non-hydrogen) atoms. The predicted molar refractivity (Wildman–Crippen MR) is 229 cm³/mol. The Balaban J connectivity index is 1.07. The lowest BCUT2D eigenvalue weighted by Gasteiger charge is -2.39. The van der Waals surface area contributed by atoms with Gasteiger partial charge in [-0.1, -0.05) is 152 Å². The van der Waals surface area contributed by atoms with E-state index in [2.05, 4.69) is 133 Å². The second-order valence-corrected chi connectivity index (χ2v) is 14.7. The summed E-state index contributed by atoms with van der Waals surface area (Å²) >= 11 is 0. The fourth-order valence-electron chi connectivity index (χ4n) is 8.81. The van der Waals surface area contributed by atoms with Crippen LogP contribution in [-0.4, -0.2) is 15.0 Å². The van der Waals surface area contributed by atoms with E-state index < -0.39 is 5.41 Å². The fourth-order valence-corrected chi connectivity index (χ4v) is 8.81. The average Bonchev–Trinajstić information content (AvgIpc) is 3.60. The van der Waals surface area contributed by atoms with Crippen LogP contribution in [0, 0.1) is 11.3 Å². The van der Waals surface area contributed by atoms with Gasteiger partial charge in [-0.25, -0.2) is 15.0 Å². The second-order valence-electron chi connectivity index (χ2n) is 14.7. The van der Waals surface area contributed by atoms with E-state index >= 15 is 0 Å². The van der Waals surface area contributed by atoms with Crippen LogP contribution in [-0.2, 0) is 5.41 Å².